The van der Waals surface area contributed by atoms with Crippen molar-refractivity contribution in [2.75, 3.05) is 0 Å². The maximum atomic E-state index is 12.4. The number of carbonyl (C=O) groups is 1. The van der Waals surface area contributed by atoms with Crippen LogP contribution in [0.1, 0.15) is 29.6 Å². The molecule has 0 radical (unpaired) electrons. The number of nitrogens with one attached hydrogen (secondary N) is 1. The normalized spacial score (nSPS) is 22.9. The summed E-state index contributed by atoms with van der Waals surface area (Å²) in [5.41, 5.74) is 1.93. The Morgan fingerprint density at radius 2 is 2.20 bits per heavy atom. The van der Waals surface area contributed by atoms with Gasteiger partial charge in [-0.25, -0.2) is 0 Å². The van der Waals surface area contributed by atoms with Crippen LogP contribution < -0.4 is 5.32 Å². The van der Waals surface area contributed by atoms with Crippen molar-refractivity contribution >= 4 is 38.9 Å². The largest absolute Gasteiger partial charge is 0.348 e. The van der Waals surface area contributed by atoms with Crippen LogP contribution in [-0.2, 0) is 0 Å². The van der Waals surface area contributed by atoms with Crippen LogP contribution in [0.2, 0.25) is 0 Å². The van der Waals surface area contributed by atoms with E-state index in [0.29, 0.717) is 0 Å². The van der Waals surface area contributed by atoms with Crippen LogP contribution in [0.3, 0.4) is 0 Å². The van der Waals surface area contributed by atoms with E-state index in [4.69, 9.17) is 11.6 Å². The molecule has 2 unspecified atom stereocenters. The molecule has 104 valence electrons. The molecule has 1 fully saturated rings. The lowest BCUT2D eigenvalue weighted by Gasteiger charge is -2.29. The number of amides is 1. The van der Waals surface area contributed by atoms with Gasteiger partial charge in [0.2, 0.25) is 0 Å². The number of rotatable bonds is 2. The van der Waals surface area contributed by atoms with E-state index in [2.05, 4.69) is 11.9 Å². The molecule has 3 rings (SSSR count). The molecule has 1 aliphatic rings. The topological polar surface area (TPSA) is 29.1 Å². The Labute approximate surface area is 127 Å². The maximum absolute atomic E-state index is 12.4. The van der Waals surface area contributed by atoms with E-state index in [-0.39, 0.29) is 17.3 Å². The van der Waals surface area contributed by atoms with Crippen molar-refractivity contribution in [1.82, 2.24) is 5.32 Å². The third-order valence-corrected chi connectivity index (χ3v) is 5.19. The SMILES string of the molecule is C=C1CCC(NC(=O)c2csc3ccccc23)C(Cl)C1. The number of benzene rings is 1. The zero-order chi connectivity index (χ0) is 14.1. The number of alkyl halides is 1. The Bertz CT molecular complexity index is 663. The summed E-state index contributed by atoms with van der Waals surface area (Å²) in [6.07, 6.45) is 2.61. The number of thiophene rings is 1. The van der Waals surface area contributed by atoms with E-state index >= 15 is 0 Å². The number of carbonyl (C=O) groups excluding carboxylic acids is 1. The smallest absolute Gasteiger partial charge is 0.253 e. The minimum Gasteiger partial charge on any atom is -0.348 e. The van der Waals surface area contributed by atoms with Gasteiger partial charge in [-0.3, -0.25) is 4.79 Å². The van der Waals surface area contributed by atoms with Gasteiger partial charge in [0, 0.05) is 21.5 Å². The average molecular weight is 306 g/mol. The molecule has 2 aromatic rings. The van der Waals surface area contributed by atoms with Crippen LogP contribution in [0, 0.1) is 0 Å². The van der Waals surface area contributed by atoms with E-state index in [0.717, 1.165) is 34.9 Å². The van der Waals surface area contributed by atoms with Crippen LogP contribution in [0.15, 0.2) is 41.8 Å². The minimum absolute atomic E-state index is 0.0226. The van der Waals surface area contributed by atoms with Crippen molar-refractivity contribution in [2.45, 2.75) is 30.7 Å². The van der Waals surface area contributed by atoms with Crippen molar-refractivity contribution in [2.24, 2.45) is 0 Å². The lowest BCUT2D eigenvalue weighted by atomic mass is 9.91. The standard InChI is InChI=1S/C16H16ClNOS/c1-10-6-7-14(13(17)8-10)18-16(19)12-9-20-15-5-3-2-4-11(12)15/h2-5,9,13-14H,1,6-8H2,(H,18,19). The molecule has 0 spiro atoms. The second-order valence-corrected chi connectivity index (χ2v) is 6.71. The predicted octanol–water partition coefficient (Wildman–Crippen LogP) is 4.35. The second kappa shape index (κ2) is 5.58. The molecule has 1 aromatic heterocycles. The first-order chi connectivity index (χ1) is 9.65. The Hall–Kier alpha value is -1.32. The summed E-state index contributed by atoms with van der Waals surface area (Å²) in [7, 11) is 0. The monoisotopic (exact) mass is 305 g/mol. The fourth-order valence-electron chi connectivity index (χ4n) is 2.62. The highest BCUT2D eigenvalue weighted by Crippen LogP contribution is 2.28. The lowest BCUT2D eigenvalue weighted by Crippen LogP contribution is -2.43. The lowest BCUT2D eigenvalue weighted by molar-refractivity contribution is 0.0933. The number of halogens is 1. The van der Waals surface area contributed by atoms with Gasteiger partial charge < -0.3 is 5.32 Å². The van der Waals surface area contributed by atoms with E-state index < -0.39 is 0 Å². The zero-order valence-electron chi connectivity index (χ0n) is 11.1. The van der Waals surface area contributed by atoms with Gasteiger partial charge in [-0.1, -0.05) is 30.4 Å². The minimum atomic E-state index is -0.0508. The van der Waals surface area contributed by atoms with Gasteiger partial charge in [0.15, 0.2) is 0 Å². The van der Waals surface area contributed by atoms with E-state index in [1.807, 2.05) is 29.6 Å². The van der Waals surface area contributed by atoms with Crippen LogP contribution in [-0.4, -0.2) is 17.3 Å². The molecule has 0 saturated heterocycles. The van der Waals surface area contributed by atoms with Gasteiger partial charge in [-0.15, -0.1) is 22.9 Å². The van der Waals surface area contributed by atoms with Crippen LogP contribution in [0.5, 0.6) is 0 Å². The third kappa shape index (κ3) is 2.60. The summed E-state index contributed by atoms with van der Waals surface area (Å²) < 4.78 is 1.14. The summed E-state index contributed by atoms with van der Waals surface area (Å²) in [4.78, 5) is 12.4. The molecule has 2 atom stereocenters. The first-order valence-corrected chi connectivity index (χ1v) is 8.04. The molecule has 1 saturated carbocycles. The van der Waals surface area contributed by atoms with E-state index in [1.54, 1.807) is 11.3 Å². The Morgan fingerprint density at radius 3 is 3.00 bits per heavy atom. The van der Waals surface area contributed by atoms with Crippen LogP contribution in [0.4, 0.5) is 0 Å². The summed E-state index contributed by atoms with van der Waals surface area (Å²) >= 11 is 7.93. The van der Waals surface area contributed by atoms with Crippen molar-refractivity contribution < 1.29 is 4.79 Å². The van der Waals surface area contributed by atoms with Gasteiger partial charge in [0.05, 0.1) is 10.9 Å². The highest BCUT2D eigenvalue weighted by Gasteiger charge is 2.27. The number of hydrogen-bond donors (Lipinski definition) is 1. The molecule has 4 heteroatoms. The fourth-order valence-corrected chi connectivity index (χ4v) is 3.97. The van der Waals surface area contributed by atoms with Gasteiger partial charge in [0.25, 0.3) is 5.91 Å². The number of hydrogen-bond acceptors (Lipinski definition) is 2. The quantitative estimate of drug-likeness (QED) is 0.649. The van der Waals surface area contributed by atoms with E-state index in [1.165, 1.54) is 5.57 Å². The maximum Gasteiger partial charge on any atom is 0.253 e. The first kappa shape index (κ1) is 13.7. The Morgan fingerprint density at radius 1 is 1.40 bits per heavy atom. The molecule has 0 bridgehead atoms. The summed E-state index contributed by atoms with van der Waals surface area (Å²) in [6, 6.07) is 8.00. The van der Waals surface area contributed by atoms with Crippen LogP contribution >= 0.6 is 22.9 Å². The molecule has 1 aliphatic carbocycles. The molecule has 1 amide bonds. The summed E-state index contributed by atoms with van der Waals surface area (Å²) in [5, 5.41) is 5.96. The van der Waals surface area contributed by atoms with Crippen molar-refractivity contribution in [3.05, 3.63) is 47.4 Å². The fraction of sp³-hybridized carbons (Fsp3) is 0.312. The number of fused-ring (bicyclic) bond motifs is 1. The molecule has 2 nitrogen and oxygen atoms in total. The molecular formula is C16H16ClNOS. The van der Waals surface area contributed by atoms with Gasteiger partial charge >= 0.3 is 0 Å². The summed E-state index contributed by atoms with van der Waals surface area (Å²) in [5.74, 6) is -0.0226. The molecule has 1 N–H and O–H groups in total. The Kier molecular flexibility index (Phi) is 3.81. The van der Waals surface area contributed by atoms with Gasteiger partial charge in [0.1, 0.15) is 0 Å². The highest BCUT2D eigenvalue weighted by atomic mass is 35.5. The molecular weight excluding hydrogens is 290 g/mol. The molecule has 1 aromatic carbocycles. The van der Waals surface area contributed by atoms with Gasteiger partial charge in [-0.05, 0) is 25.3 Å². The van der Waals surface area contributed by atoms with Crippen molar-refractivity contribution in [3.8, 4) is 0 Å². The van der Waals surface area contributed by atoms with Crippen LogP contribution in [0.25, 0.3) is 10.1 Å². The average Bonchev–Trinajstić information content (AvgIpc) is 2.86. The van der Waals surface area contributed by atoms with Crippen molar-refractivity contribution in [3.63, 3.8) is 0 Å². The second-order valence-electron chi connectivity index (χ2n) is 5.23. The Balaban J connectivity index is 1.78. The summed E-state index contributed by atoms with van der Waals surface area (Å²) in [6.45, 7) is 3.97. The van der Waals surface area contributed by atoms with Crippen molar-refractivity contribution in [1.29, 1.82) is 0 Å². The van der Waals surface area contributed by atoms with E-state index in [9.17, 15) is 4.79 Å². The molecule has 0 aliphatic heterocycles. The zero-order valence-corrected chi connectivity index (χ0v) is 12.6. The highest BCUT2D eigenvalue weighted by molar-refractivity contribution is 7.17. The third-order valence-electron chi connectivity index (χ3n) is 3.77. The van der Waals surface area contributed by atoms with Gasteiger partial charge in [-0.2, -0.15) is 0 Å². The predicted molar refractivity (Wildman–Crippen MR) is 85.7 cm³/mol. The molecule has 1 heterocycles. The number of allylic oxidation sites excluding steroid dienone is 1. The molecule has 20 heavy (non-hydrogen) atoms. The first-order valence-electron chi connectivity index (χ1n) is 6.73.